The van der Waals surface area contributed by atoms with Crippen molar-refractivity contribution in [1.29, 1.82) is 0 Å². The Bertz CT molecular complexity index is 2460. The third-order valence-corrected chi connectivity index (χ3v) is 12.9. The van der Waals surface area contributed by atoms with E-state index >= 15 is 0 Å². The second-order valence-corrected chi connectivity index (χ2v) is 16.7. The lowest BCUT2D eigenvalue weighted by atomic mass is 9.93. The standard InChI is InChI=1S/4C13H14N2/c4*14-13-9-5-1-3-7-11(9)15-12-8-4-2-6-10(12)13/h4*1,3,5,7H,2,4,6,8H2,(H2,14,15). The number of anilines is 4. The summed E-state index contributed by atoms with van der Waals surface area (Å²) in [5.74, 6) is 0. The first-order valence-electron chi connectivity index (χ1n) is 22.1. The average molecular weight is 793 g/mol. The smallest absolute Gasteiger partial charge is 0.0726 e. The Kier molecular flexibility index (Phi) is 11.4. The van der Waals surface area contributed by atoms with Crippen molar-refractivity contribution in [3.63, 3.8) is 0 Å². The van der Waals surface area contributed by atoms with Crippen LogP contribution in [0.1, 0.15) is 96.4 Å². The molecule has 12 rings (SSSR count). The Morgan fingerprint density at radius 3 is 0.700 bits per heavy atom. The number of nitrogens with zero attached hydrogens (tertiary/aromatic N) is 4. The molecule has 0 atom stereocenters. The summed E-state index contributed by atoms with van der Waals surface area (Å²) in [6, 6.07) is 32.6. The van der Waals surface area contributed by atoms with Crippen LogP contribution in [0.4, 0.5) is 22.7 Å². The van der Waals surface area contributed by atoms with E-state index in [-0.39, 0.29) is 0 Å². The fourth-order valence-corrected chi connectivity index (χ4v) is 9.64. The van der Waals surface area contributed by atoms with Crippen molar-refractivity contribution in [2.75, 3.05) is 22.9 Å². The molecule has 8 N–H and O–H groups in total. The van der Waals surface area contributed by atoms with Crippen LogP contribution in [0.15, 0.2) is 97.1 Å². The minimum absolute atomic E-state index is 0.954. The number of rotatable bonds is 0. The van der Waals surface area contributed by atoms with Crippen LogP contribution in [-0.2, 0) is 51.4 Å². The average Bonchev–Trinajstić information content (AvgIpc) is 3.30. The van der Waals surface area contributed by atoms with Gasteiger partial charge in [0.15, 0.2) is 0 Å². The lowest BCUT2D eigenvalue weighted by molar-refractivity contribution is 0.673. The van der Waals surface area contributed by atoms with Crippen molar-refractivity contribution in [1.82, 2.24) is 19.9 Å². The van der Waals surface area contributed by atoms with E-state index in [1.54, 1.807) is 0 Å². The summed E-state index contributed by atoms with van der Waals surface area (Å²) < 4.78 is 0. The van der Waals surface area contributed by atoms with Crippen molar-refractivity contribution in [3.05, 3.63) is 142 Å². The number of aryl methyl sites for hydroxylation is 4. The molecular formula is C52H56N8. The monoisotopic (exact) mass is 792 g/mol. The molecule has 0 spiro atoms. The highest BCUT2D eigenvalue weighted by molar-refractivity contribution is 5.94. The third kappa shape index (κ3) is 7.91. The maximum absolute atomic E-state index is 6.20. The van der Waals surface area contributed by atoms with E-state index < -0.39 is 0 Å². The first-order chi connectivity index (χ1) is 29.4. The quantitative estimate of drug-likeness (QED) is 0.118. The van der Waals surface area contributed by atoms with Gasteiger partial charge in [-0.1, -0.05) is 72.8 Å². The summed E-state index contributed by atoms with van der Waals surface area (Å²) in [5, 5.41) is 4.44. The van der Waals surface area contributed by atoms with Gasteiger partial charge in [0.2, 0.25) is 0 Å². The normalized spacial score (nSPS) is 15.2. The molecule has 0 unspecified atom stereocenters. The molecule has 0 amide bonds. The van der Waals surface area contributed by atoms with Gasteiger partial charge in [-0.2, -0.15) is 0 Å². The molecule has 0 fully saturated rings. The number of pyridine rings is 4. The van der Waals surface area contributed by atoms with Gasteiger partial charge in [-0.3, -0.25) is 19.9 Å². The molecule has 8 nitrogen and oxygen atoms in total. The summed E-state index contributed by atoms with van der Waals surface area (Å²) in [7, 11) is 0. The number of nitrogen functional groups attached to an aromatic ring is 4. The molecular weight excluding hydrogens is 737 g/mol. The number of fused-ring (bicyclic) bond motifs is 8. The number of hydrogen-bond donors (Lipinski definition) is 4. The molecule has 60 heavy (non-hydrogen) atoms. The van der Waals surface area contributed by atoms with E-state index in [4.69, 9.17) is 42.9 Å². The largest absolute Gasteiger partial charge is 0.398 e. The van der Waals surface area contributed by atoms with Gasteiger partial charge in [-0.15, -0.1) is 0 Å². The van der Waals surface area contributed by atoms with Gasteiger partial charge in [0.1, 0.15) is 0 Å². The van der Waals surface area contributed by atoms with Crippen molar-refractivity contribution in [2.24, 2.45) is 0 Å². The topological polar surface area (TPSA) is 156 Å². The fraction of sp³-hybridized carbons (Fsp3) is 0.308. The molecule has 8 aromatic rings. The molecule has 0 saturated heterocycles. The maximum Gasteiger partial charge on any atom is 0.0726 e. The van der Waals surface area contributed by atoms with E-state index in [9.17, 15) is 0 Å². The van der Waals surface area contributed by atoms with Crippen molar-refractivity contribution >= 4 is 66.4 Å². The number of hydrogen-bond acceptors (Lipinski definition) is 8. The summed E-state index contributed by atoms with van der Waals surface area (Å²) in [4.78, 5) is 18.8. The van der Waals surface area contributed by atoms with Gasteiger partial charge in [0.05, 0.1) is 22.1 Å². The summed E-state index contributed by atoms with van der Waals surface area (Å²) in [5.41, 5.74) is 42.8. The van der Waals surface area contributed by atoms with E-state index in [1.807, 2.05) is 72.8 Å². The highest BCUT2D eigenvalue weighted by Crippen LogP contribution is 2.34. The summed E-state index contributed by atoms with van der Waals surface area (Å²) in [6.07, 6.45) is 18.7. The first kappa shape index (κ1) is 39.2. The third-order valence-electron chi connectivity index (χ3n) is 12.9. The molecule has 0 aliphatic heterocycles. The van der Waals surface area contributed by atoms with Gasteiger partial charge in [0.25, 0.3) is 0 Å². The molecule has 0 saturated carbocycles. The van der Waals surface area contributed by atoms with Crippen molar-refractivity contribution in [2.45, 2.75) is 103 Å². The van der Waals surface area contributed by atoms with Crippen molar-refractivity contribution < 1.29 is 0 Å². The van der Waals surface area contributed by atoms with Crippen LogP contribution < -0.4 is 22.9 Å². The zero-order chi connectivity index (χ0) is 41.0. The first-order valence-corrected chi connectivity index (χ1v) is 22.1. The fourth-order valence-electron chi connectivity index (χ4n) is 9.64. The van der Waals surface area contributed by atoms with Crippen molar-refractivity contribution in [3.8, 4) is 0 Å². The van der Waals surface area contributed by atoms with Crippen LogP contribution in [0.3, 0.4) is 0 Å². The Labute approximate surface area is 352 Å². The van der Waals surface area contributed by atoms with E-state index in [0.29, 0.717) is 0 Å². The Hall–Kier alpha value is -6.28. The molecule has 4 aromatic carbocycles. The van der Waals surface area contributed by atoms with Gasteiger partial charge in [-0.25, -0.2) is 0 Å². The summed E-state index contributed by atoms with van der Waals surface area (Å²) in [6.45, 7) is 0. The van der Waals surface area contributed by atoms with Crippen LogP contribution in [0, 0.1) is 0 Å². The number of para-hydroxylation sites is 4. The van der Waals surface area contributed by atoms with Gasteiger partial charge < -0.3 is 22.9 Å². The van der Waals surface area contributed by atoms with Gasteiger partial charge >= 0.3 is 0 Å². The molecule has 4 aliphatic rings. The molecule has 8 heteroatoms. The zero-order valence-corrected chi connectivity index (χ0v) is 34.6. The maximum atomic E-state index is 6.20. The number of aromatic nitrogens is 4. The highest BCUT2D eigenvalue weighted by atomic mass is 14.8. The highest BCUT2D eigenvalue weighted by Gasteiger charge is 2.19. The molecule has 4 aromatic heterocycles. The van der Waals surface area contributed by atoms with E-state index in [1.165, 1.54) is 96.4 Å². The van der Waals surface area contributed by atoms with Crippen LogP contribution >= 0.6 is 0 Å². The number of nitrogens with two attached hydrogens (primary N) is 4. The zero-order valence-electron chi connectivity index (χ0n) is 34.6. The van der Waals surface area contributed by atoms with Crippen LogP contribution in [-0.4, -0.2) is 19.9 Å². The summed E-state index contributed by atoms with van der Waals surface area (Å²) >= 11 is 0. The molecule has 4 heterocycles. The van der Waals surface area contributed by atoms with E-state index in [0.717, 1.165) is 118 Å². The molecule has 0 bridgehead atoms. The Morgan fingerprint density at radius 1 is 0.267 bits per heavy atom. The second kappa shape index (κ2) is 17.5. The minimum Gasteiger partial charge on any atom is -0.398 e. The number of benzene rings is 4. The predicted molar refractivity (Wildman–Crippen MR) is 251 cm³/mol. The second-order valence-electron chi connectivity index (χ2n) is 16.7. The predicted octanol–water partition coefficient (Wildman–Crippen LogP) is 10.8. The lowest BCUT2D eigenvalue weighted by Crippen LogP contribution is -2.09. The van der Waals surface area contributed by atoms with E-state index in [2.05, 4.69) is 24.3 Å². The minimum atomic E-state index is 0.954. The molecule has 304 valence electrons. The Balaban J connectivity index is 0.000000103. The van der Waals surface area contributed by atoms with Crippen LogP contribution in [0.25, 0.3) is 43.6 Å². The Morgan fingerprint density at radius 2 is 0.467 bits per heavy atom. The SMILES string of the molecule is Nc1c2c(nc3ccccc13)CCCC2.Nc1c2c(nc3ccccc13)CCCC2.Nc1c2c(nc3ccccc13)CCCC2.Nc1c2c(nc3ccccc13)CCCC2. The molecule has 0 radical (unpaired) electrons. The lowest BCUT2D eigenvalue weighted by Gasteiger charge is -2.18. The van der Waals surface area contributed by atoms with Gasteiger partial charge in [-0.05, 0) is 149 Å². The van der Waals surface area contributed by atoms with Gasteiger partial charge in [0, 0.05) is 67.1 Å². The molecule has 4 aliphatic carbocycles. The van der Waals surface area contributed by atoms with Crippen LogP contribution in [0.5, 0.6) is 0 Å². The van der Waals surface area contributed by atoms with Crippen LogP contribution in [0.2, 0.25) is 0 Å².